The fourth-order valence-electron chi connectivity index (χ4n) is 7.25. The summed E-state index contributed by atoms with van der Waals surface area (Å²) in [6.45, 7) is 0. The molecule has 2 heterocycles. The zero-order valence-corrected chi connectivity index (χ0v) is 29.5. The Labute approximate surface area is 312 Å². The summed E-state index contributed by atoms with van der Waals surface area (Å²) >= 11 is 1.86. The van der Waals surface area contributed by atoms with Crippen LogP contribution < -0.4 is 0 Å². The molecule has 248 valence electrons. The molecule has 0 spiro atoms. The summed E-state index contributed by atoms with van der Waals surface area (Å²) in [5, 5.41) is 2.63. The van der Waals surface area contributed by atoms with E-state index in [1.807, 2.05) is 48.2 Å². The minimum atomic E-state index is 0.639. The maximum Gasteiger partial charge on any atom is 0.164 e. The van der Waals surface area contributed by atoms with Crippen molar-refractivity contribution in [3.63, 3.8) is 0 Å². The van der Waals surface area contributed by atoms with Crippen molar-refractivity contribution in [2.45, 2.75) is 9.79 Å². The van der Waals surface area contributed by atoms with Crippen molar-refractivity contribution in [2.75, 3.05) is 0 Å². The Kier molecular flexibility index (Phi) is 7.74. The van der Waals surface area contributed by atoms with Gasteiger partial charge in [-0.1, -0.05) is 169 Å². The molecule has 1 aliphatic heterocycles. The number of hydrogen-bond donors (Lipinski definition) is 0. The van der Waals surface area contributed by atoms with E-state index < -0.39 is 0 Å². The molecular weight excluding hydrogens is 663 g/mol. The number of rotatable bonds is 6. The molecule has 0 saturated heterocycles. The summed E-state index contributed by atoms with van der Waals surface area (Å²) in [5.74, 6) is 1.93. The fraction of sp³-hybridized carbons (Fsp3) is 0. The smallest absolute Gasteiger partial charge is 0.164 e. The minimum absolute atomic E-state index is 0.639. The summed E-state index contributed by atoms with van der Waals surface area (Å²) in [5.41, 5.74) is 12.4. The van der Waals surface area contributed by atoms with Crippen molar-refractivity contribution in [1.82, 2.24) is 15.0 Å². The molecule has 0 atom stereocenters. The predicted octanol–water partition coefficient (Wildman–Crippen LogP) is 13.2. The normalized spacial score (nSPS) is 11.7. The molecule has 0 amide bonds. The van der Waals surface area contributed by atoms with Gasteiger partial charge in [0.25, 0.3) is 0 Å². The highest BCUT2D eigenvalue weighted by Gasteiger charge is 2.20. The lowest BCUT2D eigenvalue weighted by atomic mass is 9.93. The van der Waals surface area contributed by atoms with Crippen LogP contribution in [0.2, 0.25) is 0 Å². The van der Waals surface area contributed by atoms with Gasteiger partial charge in [-0.3, -0.25) is 0 Å². The van der Waals surface area contributed by atoms with Crippen LogP contribution in [0.3, 0.4) is 0 Å². The standard InChI is InChI=1S/C49H31N3S/c1-3-11-32(12-4-1)33-23-25-36(26-24-33)48-50-47(35-13-5-2-6-14-35)51-49(52-48)41-20-8-19-39(30-41)37-17-7-18-38(29-37)40-27-28-44-43(31-40)42-21-9-15-34-16-10-22-45(53-44)46(34)42/h1-31H. The van der Waals surface area contributed by atoms with Crippen molar-refractivity contribution in [1.29, 1.82) is 0 Å². The Morgan fingerprint density at radius 1 is 0.283 bits per heavy atom. The van der Waals surface area contributed by atoms with E-state index >= 15 is 0 Å². The molecule has 9 aromatic rings. The summed E-state index contributed by atoms with van der Waals surface area (Å²) in [6, 6.07) is 66.4. The number of fused-ring (bicyclic) bond motifs is 2. The van der Waals surface area contributed by atoms with Crippen LogP contribution in [0.1, 0.15) is 0 Å². The van der Waals surface area contributed by atoms with Gasteiger partial charge in [0.1, 0.15) is 0 Å². The van der Waals surface area contributed by atoms with Crippen molar-refractivity contribution >= 4 is 22.5 Å². The van der Waals surface area contributed by atoms with Gasteiger partial charge in [-0.25, -0.2) is 15.0 Å². The second kappa shape index (κ2) is 13.2. The molecule has 0 radical (unpaired) electrons. The lowest BCUT2D eigenvalue weighted by Crippen LogP contribution is -2.00. The zero-order chi connectivity index (χ0) is 35.1. The second-order valence-corrected chi connectivity index (χ2v) is 14.3. The van der Waals surface area contributed by atoms with E-state index in [-0.39, 0.29) is 0 Å². The first-order chi connectivity index (χ1) is 26.2. The molecule has 0 bridgehead atoms. The van der Waals surface area contributed by atoms with Crippen LogP contribution in [0.15, 0.2) is 198 Å². The molecule has 10 rings (SSSR count). The fourth-order valence-corrected chi connectivity index (χ4v) is 8.38. The van der Waals surface area contributed by atoms with Gasteiger partial charge in [-0.05, 0) is 80.2 Å². The Hall–Kier alpha value is -6.62. The highest BCUT2D eigenvalue weighted by Crippen LogP contribution is 2.48. The van der Waals surface area contributed by atoms with Crippen LogP contribution in [-0.4, -0.2) is 15.0 Å². The molecule has 0 fully saturated rings. The maximum absolute atomic E-state index is 5.05. The first-order valence-electron chi connectivity index (χ1n) is 17.8. The van der Waals surface area contributed by atoms with Gasteiger partial charge in [0, 0.05) is 31.9 Å². The molecule has 1 aliphatic rings. The number of benzene rings is 8. The third kappa shape index (κ3) is 5.89. The van der Waals surface area contributed by atoms with E-state index in [0.29, 0.717) is 17.5 Å². The molecule has 1 aromatic heterocycles. The molecule has 53 heavy (non-hydrogen) atoms. The third-order valence-electron chi connectivity index (χ3n) is 9.92. The van der Waals surface area contributed by atoms with Gasteiger partial charge in [-0.2, -0.15) is 0 Å². The van der Waals surface area contributed by atoms with Gasteiger partial charge in [0.2, 0.25) is 0 Å². The van der Waals surface area contributed by atoms with Crippen molar-refractivity contribution in [3.8, 4) is 78.7 Å². The van der Waals surface area contributed by atoms with Gasteiger partial charge >= 0.3 is 0 Å². The van der Waals surface area contributed by atoms with E-state index in [2.05, 4.69) is 152 Å². The summed E-state index contributed by atoms with van der Waals surface area (Å²) in [7, 11) is 0. The van der Waals surface area contributed by atoms with E-state index in [1.54, 1.807) is 0 Å². The molecule has 0 N–H and O–H groups in total. The third-order valence-corrected chi connectivity index (χ3v) is 11.1. The average molecular weight is 694 g/mol. The summed E-state index contributed by atoms with van der Waals surface area (Å²) < 4.78 is 0. The maximum atomic E-state index is 5.05. The van der Waals surface area contributed by atoms with Gasteiger partial charge in [0.15, 0.2) is 17.5 Å². The summed E-state index contributed by atoms with van der Waals surface area (Å²) in [6.07, 6.45) is 0. The second-order valence-electron chi connectivity index (χ2n) is 13.3. The summed E-state index contributed by atoms with van der Waals surface area (Å²) in [4.78, 5) is 17.6. The monoisotopic (exact) mass is 693 g/mol. The Bertz CT molecular complexity index is 2790. The molecule has 8 aromatic carbocycles. The average Bonchev–Trinajstić information content (AvgIpc) is 3.24. The van der Waals surface area contributed by atoms with Crippen LogP contribution in [0.4, 0.5) is 0 Å². The van der Waals surface area contributed by atoms with Crippen LogP contribution in [-0.2, 0) is 0 Å². The van der Waals surface area contributed by atoms with E-state index in [9.17, 15) is 0 Å². The number of hydrogen-bond acceptors (Lipinski definition) is 4. The molecule has 0 aliphatic carbocycles. The highest BCUT2D eigenvalue weighted by atomic mass is 32.2. The lowest BCUT2D eigenvalue weighted by molar-refractivity contribution is 1.07. The quantitative estimate of drug-likeness (QED) is 0.174. The molecular formula is C49H31N3S. The highest BCUT2D eigenvalue weighted by molar-refractivity contribution is 7.99. The SMILES string of the molecule is c1ccc(-c2ccc(-c3nc(-c4ccccc4)nc(-c4cccc(-c5cccc(-c6ccc7c(c6)-c6cccc8cccc(c68)S7)c5)c4)n3)cc2)cc1. The van der Waals surface area contributed by atoms with Gasteiger partial charge < -0.3 is 0 Å². The Balaban J connectivity index is 1.02. The first-order valence-corrected chi connectivity index (χ1v) is 18.6. The molecule has 3 nitrogen and oxygen atoms in total. The molecule has 0 saturated carbocycles. The van der Waals surface area contributed by atoms with Crippen molar-refractivity contribution in [2.24, 2.45) is 0 Å². The topological polar surface area (TPSA) is 38.7 Å². The minimum Gasteiger partial charge on any atom is -0.208 e. The van der Waals surface area contributed by atoms with Gasteiger partial charge in [0.05, 0.1) is 0 Å². The van der Waals surface area contributed by atoms with E-state index in [0.717, 1.165) is 33.4 Å². The van der Waals surface area contributed by atoms with Crippen LogP contribution in [0, 0.1) is 0 Å². The van der Waals surface area contributed by atoms with Gasteiger partial charge in [-0.15, -0.1) is 0 Å². The van der Waals surface area contributed by atoms with E-state index in [4.69, 9.17) is 15.0 Å². The first kappa shape index (κ1) is 31.1. The largest absolute Gasteiger partial charge is 0.208 e. The van der Waals surface area contributed by atoms with Crippen molar-refractivity contribution < 1.29 is 0 Å². The Morgan fingerprint density at radius 2 is 0.736 bits per heavy atom. The van der Waals surface area contributed by atoms with Crippen LogP contribution >= 0.6 is 11.8 Å². The zero-order valence-electron chi connectivity index (χ0n) is 28.6. The number of nitrogens with zero attached hydrogens (tertiary/aromatic N) is 3. The van der Waals surface area contributed by atoms with Crippen LogP contribution in [0.25, 0.3) is 89.4 Å². The number of aromatic nitrogens is 3. The molecule has 0 unspecified atom stereocenters. The van der Waals surface area contributed by atoms with E-state index in [1.165, 1.54) is 48.4 Å². The molecule has 4 heteroatoms. The van der Waals surface area contributed by atoms with Crippen LogP contribution in [0.5, 0.6) is 0 Å². The Morgan fingerprint density at radius 3 is 1.42 bits per heavy atom. The lowest BCUT2D eigenvalue weighted by Gasteiger charge is -2.21. The van der Waals surface area contributed by atoms with Crippen molar-refractivity contribution in [3.05, 3.63) is 188 Å². The predicted molar refractivity (Wildman–Crippen MR) is 220 cm³/mol.